The maximum Gasteiger partial charge on any atom is 0.276 e. The van der Waals surface area contributed by atoms with Crippen LogP contribution in [0, 0.1) is 5.41 Å². The number of carbonyl (C=O) groups is 1. The summed E-state index contributed by atoms with van der Waals surface area (Å²) in [6.07, 6.45) is 0. The van der Waals surface area contributed by atoms with E-state index in [1.54, 1.807) is 5.01 Å². The molecular weight excluding hydrogens is 394 g/mol. The molecule has 0 unspecified atom stereocenters. The van der Waals surface area contributed by atoms with Gasteiger partial charge in [-0.25, -0.2) is 0 Å². The van der Waals surface area contributed by atoms with Crippen LogP contribution in [0.5, 0.6) is 5.75 Å². The first-order valence-electron chi connectivity index (χ1n) is 8.32. The number of nitrogens with one attached hydrogen (secondary N) is 2. The first-order valence-corrected chi connectivity index (χ1v) is 8.32. The molecule has 0 aliphatic carbocycles. The van der Waals surface area contributed by atoms with Crippen molar-refractivity contribution in [1.82, 2.24) is 10.4 Å². The summed E-state index contributed by atoms with van der Waals surface area (Å²) in [5.41, 5.74) is 5.91. The Balaban J connectivity index is 0.00000243. The zero-order valence-corrected chi connectivity index (χ0v) is 16.8. The number of hydrazine groups is 1. The lowest BCUT2D eigenvalue weighted by atomic mass is 9.87. The Kier molecular flexibility index (Phi) is 6.08. The summed E-state index contributed by atoms with van der Waals surface area (Å²) in [7, 11) is 0. The number of hydrogen-bond acceptors (Lipinski definition) is 3. The van der Waals surface area contributed by atoms with Crippen LogP contribution in [0.3, 0.4) is 0 Å². The highest BCUT2D eigenvalue weighted by Crippen LogP contribution is 2.24. The van der Waals surface area contributed by atoms with Crippen molar-refractivity contribution in [3.8, 4) is 5.75 Å². The van der Waals surface area contributed by atoms with Gasteiger partial charge >= 0.3 is 0 Å². The molecule has 1 amide bonds. The van der Waals surface area contributed by atoms with Crippen molar-refractivity contribution < 1.29 is 26.5 Å². The molecule has 3 rings (SSSR count). The van der Waals surface area contributed by atoms with Crippen molar-refractivity contribution in [2.45, 2.75) is 32.7 Å². The van der Waals surface area contributed by atoms with Gasteiger partial charge in [-0.2, -0.15) is 0 Å². The molecule has 0 radical (unpaired) electrons. The van der Waals surface area contributed by atoms with Gasteiger partial charge in [-0.3, -0.25) is 20.6 Å². The van der Waals surface area contributed by atoms with Crippen molar-refractivity contribution in [2.75, 3.05) is 6.61 Å². The maximum absolute atomic E-state index is 12.1. The van der Waals surface area contributed by atoms with E-state index in [0.29, 0.717) is 18.1 Å². The molecule has 0 spiro atoms. The Bertz CT molecular complexity index is 797. The fraction of sp³-hybridized carbons (Fsp3) is 0.300. The third kappa shape index (κ3) is 4.43. The molecule has 26 heavy (non-hydrogen) atoms. The minimum Gasteiger partial charge on any atom is -1.00 e. The first kappa shape index (κ1) is 20.0. The average molecular weight is 417 g/mol. The first-order chi connectivity index (χ1) is 11.8. The number of halogens is 1. The highest BCUT2D eigenvalue weighted by molar-refractivity contribution is 6.01. The van der Waals surface area contributed by atoms with E-state index in [0.717, 1.165) is 11.1 Å². The molecule has 138 valence electrons. The van der Waals surface area contributed by atoms with E-state index in [-0.39, 0.29) is 34.9 Å². The number of nitrogens with zero attached hydrogens (tertiary/aromatic N) is 1. The molecule has 0 saturated heterocycles. The van der Waals surface area contributed by atoms with Crippen molar-refractivity contribution in [3.05, 3.63) is 65.2 Å². The number of amidine groups is 1. The summed E-state index contributed by atoms with van der Waals surface area (Å²) < 4.78 is 5.55. The lowest BCUT2D eigenvalue weighted by Crippen LogP contribution is -3.00. The van der Waals surface area contributed by atoms with E-state index in [2.05, 4.69) is 26.2 Å². The molecule has 0 saturated carbocycles. The van der Waals surface area contributed by atoms with Crippen molar-refractivity contribution in [1.29, 1.82) is 5.41 Å². The summed E-state index contributed by atoms with van der Waals surface area (Å²) in [6.45, 7) is 6.87. The monoisotopic (exact) mass is 416 g/mol. The number of fused-ring (bicyclic) bond motifs is 1. The highest BCUT2D eigenvalue weighted by atomic mass is 79.9. The Morgan fingerprint density at radius 2 is 1.81 bits per heavy atom. The van der Waals surface area contributed by atoms with Crippen LogP contribution in [-0.2, 0) is 16.8 Å². The van der Waals surface area contributed by atoms with Crippen LogP contribution in [0.25, 0.3) is 0 Å². The van der Waals surface area contributed by atoms with E-state index < -0.39 is 0 Å². The van der Waals surface area contributed by atoms with Crippen LogP contribution in [0.15, 0.2) is 48.5 Å². The molecule has 0 fully saturated rings. The Morgan fingerprint density at radius 3 is 2.42 bits per heavy atom. The quantitative estimate of drug-likeness (QED) is 0.749. The lowest BCUT2D eigenvalue weighted by Gasteiger charge is -2.20. The summed E-state index contributed by atoms with van der Waals surface area (Å²) in [5.74, 6) is 0.680. The molecule has 2 aromatic carbocycles. The van der Waals surface area contributed by atoms with Gasteiger partial charge in [-0.1, -0.05) is 57.2 Å². The fourth-order valence-corrected chi connectivity index (χ4v) is 2.76. The van der Waals surface area contributed by atoms with E-state index in [1.807, 2.05) is 48.5 Å². The number of amides is 1. The minimum atomic E-state index is -0.280. The molecule has 1 aliphatic rings. The lowest BCUT2D eigenvalue weighted by molar-refractivity contribution is -0.126. The van der Waals surface area contributed by atoms with Crippen LogP contribution in [-0.4, -0.2) is 23.4 Å². The summed E-state index contributed by atoms with van der Waals surface area (Å²) in [5, 5.41) is 9.67. The third-order valence-corrected chi connectivity index (χ3v) is 4.22. The zero-order valence-electron chi connectivity index (χ0n) is 15.2. The Morgan fingerprint density at radius 1 is 1.15 bits per heavy atom. The van der Waals surface area contributed by atoms with Crippen molar-refractivity contribution >= 4 is 11.7 Å². The number of rotatable bonds is 4. The fourth-order valence-electron chi connectivity index (χ4n) is 2.76. The van der Waals surface area contributed by atoms with E-state index >= 15 is 0 Å². The van der Waals surface area contributed by atoms with Gasteiger partial charge in [0.1, 0.15) is 11.6 Å². The standard InChI is InChI=1S/C20H23N3O2.BrH/c1-20(2,3)15-8-10-16(11-9-15)25-13-18(24)22-23-12-14-6-4-5-7-17(14)19(23)21;/h4-11,21H,12-13H2,1-3H3,(H,22,24);1H/p-1. The van der Waals surface area contributed by atoms with Gasteiger partial charge in [0.05, 0.1) is 6.54 Å². The highest BCUT2D eigenvalue weighted by Gasteiger charge is 2.25. The second-order valence-corrected chi connectivity index (χ2v) is 7.19. The topological polar surface area (TPSA) is 65.4 Å². The predicted octanol–water partition coefficient (Wildman–Crippen LogP) is 0.239. The van der Waals surface area contributed by atoms with Crippen LogP contribution in [0.1, 0.15) is 37.5 Å². The van der Waals surface area contributed by atoms with Crippen LogP contribution in [0.4, 0.5) is 0 Å². The molecule has 0 atom stereocenters. The van der Waals surface area contributed by atoms with Gasteiger partial charge in [0.15, 0.2) is 6.61 Å². The largest absolute Gasteiger partial charge is 1.00 e. The molecular formula is C20H23BrN3O2-. The molecule has 6 heteroatoms. The number of ether oxygens (including phenoxy) is 1. The third-order valence-electron chi connectivity index (χ3n) is 4.22. The number of carbonyl (C=O) groups excluding carboxylic acids is 1. The zero-order chi connectivity index (χ0) is 18.0. The van der Waals surface area contributed by atoms with E-state index in [1.165, 1.54) is 5.56 Å². The maximum atomic E-state index is 12.1. The second kappa shape index (κ2) is 7.91. The molecule has 1 aliphatic heterocycles. The normalized spacial score (nSPS) is 13.0. The van der Waals surface area contributed by atoms with E-state index in [9.17, 15) is 4.79 Å². The van der Waals surface area contributed by atoms with Gasteiger partial charge in [0.25, 0.3) is 5.91 Å². The smallest absolute Gasteiger partial charge is 0.276 e. The van der Waals surface area contributed by atoms with Crippen molar-refractivity contribution in [2.24, 2.45) is 0 Å². The molecule has 0 bridgehead atoms. The molecule has 0 aromatic heterocycles. The molecule has 5 nitrogen and oxygen atoms in total. The van der Waals surface area contributed by atoms with Gasteiger partial charge < -0.3 is 21.7 Å². The summed E-state index contributed by atoms with van der Waals surface area (Å²) in [6, 6.07) is 15.5. The average Bonchev–Trinajstić information content (AvgIpc) is 2.89. The summed E-state index contributed by atoms with van der Waals surface area (Å²) >= 11 is 0. The minimum absolute atomic E-state index is 0. The SMILES string of the molecule is CC(C)(C)c1ccc(OCC(=O)NN2Cc3ccccc3C2=N)cc1.[Br-]. The number of hydrogen-bond donors (Lipinski definition) is 2. The van der Waals surface area contributed by atoms with Crippen LogP contribution >= 0.6 is 0 Å². The van der Waals surface area contributed by atoms with Gasteiger partial charge in [-0.05, 0) is 28.7 Å². The number of benzene rings is 2. The van der Waals surface area contributed by atoms with Gasteiger partial charge in [-0.15, -0.1) is 0 Å². The Hall–Kier alpha value is -2.34. The molecule has 1 heterocycles. The summed E-state index contributed by atoms with van der Waals surface area (Å²) in [4.78, 5) is 12.1. The second-order valence-electron chi connectivity index (χ2n) is 7.19. The molecule has 2 N–H and O–H groups in total. The Labute approximate surface area is 164 Å². The van der Waals surface area contributed by atoms with E-state index in [4.69, 9.17) is 10.1 Å². The predicted molar refractivity (Wildman–Crippen MR) is 97.6 cm³/mol. The van der Waals surface area contributed by atoms with Crippen molar-refractivity contribution in [3.63, 3.8) is 0 Å². The van der Waals surface area contributed by atoms with Crippen LogP contribution in [0.2, 0.25) is 0 Å². The van der Waals surface area contributed by atoms with Crippen LogP contribution < -0.4 is 27.1 Å². The van der Waals surface area contributed by atoms with Gasteiger partial charge in [0, 0.05) is 5.56 Å². The van der Waals surface area contributed by atoms with Gasteiger partial charge in [0.2, 0.25) is 0 Å². The molecule has 2 aromatic rings.